The third-order valence-electron chi connectivity index (χ3n) is 2.50. The predicted octanol–water partition coefficient (Wildman–Crippen LogP) is 1.08. The minimum atomic E-state index is 0.813. The second-order valence-corrected chi connectivity index (χ2v) is 3.46. The van der Waals surface area contributed by atoms with Gasteiger partial charge in [-0.05, 0) is 17.7 Å². The van der Waals surface area contributed by atoms with E-state index in [2.05, 4.69) is 21.4 Å². The molecule has 1 radical (unpaired) electrons. The zero-order chi connectivity index (χ0) is 9.38. The molecule has 2 aromatic rings. The van der Waals surface area contributed by atoms with Gasteiger partial charge >= 0.3 is 0 Å². The number of hydrogen-bond acceptors (Lipinski definition) is 3. The van der Waals surface area contributed by atoms with Crippen molar-refractivity contribution < 1.29 is 0 Å². The van der Waals surface area contributed by atoms with Crippen molar-refractivity contribution >= 4 is 11.0 Å². The molecule has 0 atom stereocenters. The second-order valence-electron chi connectivity index (χ2n) is 3.46. The van der Waals surface area contributed by atoms with Crippen molar-refractivity contribution in [2.24, 2.45) is 0 Å². The molecule has 0 aromatic carbocycles. The highest BCUT2D eigenvalue weighted by Gasteiger charge is 2.11. The fourth-order valence-electron chi connectivity index (χ4n) is 1.79. The lowest BCUT2D eigenvalue weighted by Gasteiger charge is -2.15. The van der Waals surface area contributed by atoms with Gasteiger partial charge in [0, 0.05) is 42.9 Å². The summed E-state index contributed by atoms with van der Waals surface area (Å²) in [6, 6.07) is 7.28. The molecular weight excluding hydrogens is 174 g/mol. The maximum atomic E-state index is 4.53. The highest BCUT2D eigenvalue weighted by Crippen LogP contribution is 2.16. The van der Waals surface area contributed by atoms with E-state index in [0.29, 0.717) is 0 Å². The number of nitrogens with zero attached hydrogens (tertiary/aromatic N) is 2. The van der Waals surface area contributed by atoms with Gasteiger partial charge in [0.15, 0.2) is 5.65 Å². The molecule has 1 aliphatic rings. The SMILES string of the molecule is [c]1c2c(nc3ncccc13)CCNC2. The first kappa shape index (κ1) is 7.88. The summed E-state index contributed by atoms with van der Waals surface area (Å²) >= 11 is 0. The third kappa shape index (κ3) is 1.17. The number of rotatable bonds is 0. The molecule has 0 unspecified atom stereocenters. The molecule has 1 N–H and O–H groups in total. The van der Waals surface area contributed by atoms with Gasteiger partial charge in [-0.15, -0.1) is 0 Å². The normalized spacial score (nSPS) is 15.4. The smallest absolute Gasteiger partial charge is 0.160 e. The quantitative estimate of drug-likeness (QED) is 0.665. The van der Waals surface area contributed by atoms with E-state index in [4.69, 9.17) is 0 Å². The lowest BCUT2D eigenvalue weighted by Crippen LogP contribution is -2.24. The Morgan fingerprint density at radius 1 is 1.43 bits per heavy atom. The van der Waals surface area contributed by atoms with Crippen LogP contribution in [0.3, 0.4) is 0 Å². The van der Waals surface area contributed by atoms with Gasteiger partial charge in [0.25, 0.3) is 0 Å². The van der Waals surface area contributed by atoms with E-state index >= 15 is 0 Å². The van der Waals surface area contributed by atoms with Crippen LogP contribution < -0.4 is 5.32 Å². The minimum Gasteiger partial charge on any atom is -0.312 e. The summed E-state index contributed by atoms with van der Waals surface area (Å²) in [5, 5.41) is 4.32. The van der Waals surface area contributed by atoms with Crippen molar-refractivity contribution in [1.82, 2.24) is 15.3 Å². The first-order valence-corrected chi connectivity index (χ1v) is 4.80. The van der Waals surface area contributed by atoms with Crippen molar-refractivity contribution in [3.05, 3.63) is 35.7 Å². The standard InChI is InChI=1S/C11H10N3/c1-2-8-6-9-7-12-5-3-10(9)14-11(8)13-4-1/h1-2,4,12H,3,5,7H2. The molecule has 3 rings (SSSR count). The number of hydrogen-bond donors (Lipinski definition) is 1. The molecule has 0 amide bonds. The van der Waals surface area contributed by atoms with Gasteiger partial charge in [0.2, 0.25) is 0 Å². The molecule has 0 bridgehead atoms. The summed E-state index contributed by atoms with van der Waals surface area (Å²) in [6.07, 6.45) is 2.76. The van der Waals surface area contributed by atoms with Gasteiger partial charge in [0.05, 0.1) is 0 Å². The number of nitrogens with one attached hydrogen (secondary N) is 1. The summed E-state index contributed by atoms with van der Waals surface area (Å²) in [6.45, 7) is 1.89. The predicted molar refractivity (Wildman–Crippen MR) is 53.8 cm³/mol. The fourth-order valence-corrected chi connectivity index (χ4v) is 1.79. The zero-order valence-corrected chi connectivity index (χ0v) is 7.75. The average molecular weight is 184 g/mol. The molecule has 3 heterocycles. The van der Waals surface area contributed by atoms with Gasteiger partial charge in [-0.1, -0.05) is 0 Å². The molecule has 69 valence electrons. The largest absolute Gasteiger partial charge is 0.312 e. The van der Waals surface area contributed by atoms with Gasteiger partial charge in [-0.25, -0.2) is 9.97 Å². The van der Waals surface area contributed by atoms with Crippen LogP contribution in [0.2, 0.25) is 0 Å². The molecular formula is C11H10N3. The fraction of sp³-hybridized carbons (Fsp3) is 0.273. The Morgan fingerprint density at radius 3 is 3.43 bits per heavy atom. The topological polar surface area (TPSA) is 37.8 Å². The Bertz CT molecular complexity index is 434. The lowest BCUT2D eigenvalue weighted by molar-refractivity contribution is 0.632. The molecule has 3 heteroatoms. The van der Waals surface area contributed by atoms with E-state index in [-0.39, 0.29) is 0 Å². The van der Waals surface area contributed by atoms with E-state index in [1.165, 1.54) is 5.56 Å². The summed E-state index contributed by atoms with van der Waals surface area (Å²) in [5.41, 5.74) is 3.15. The van der Waals surface area contributed by atoms with Crippen molar-refractivity contribution in [3.8, 4) is 0 Å². The van der Waals surface area contributed by atoms with E-state index in [1.807, 2.05) is 12.1 Å². The summed E-state index contributed by atoms with van der Waals surface area (Å²) < 4.78 is 0. The van der Waals surface area contributed by atoms with Crippen LogP contribution in [0.4, 0.5) is 0 Å². The molecule has 14 heavy (non-hydrogen) atoms. The summed E-state index contributed by atoms with van der Waals surface area (Å²) in [4.78, 5) is 8.76. The Balaban J connectivity index is 2.27. The average Bonchev–Trinajstić information content (AvgIpc) is 2.26. The second kappa shape index (κ2) is 3.03. The van der Waals surface area contributed by atoms with Crippen LogP contribution in [-0.4, -0.2) is 16.5 Å². The zero-order valence-electron chi connectivity index (χ0n) is 7.75. The Labute approximate surface area is 82.2 Å². The van der Waals surface area contributed by atoms with Gasteiger partial charge < -0.3 is 5.32 Å². The maximum absolute atomic E-state index is 4.53. The first-order chi connectivity index (χ1) is 6.93. The first-order valence-electron chi connectivity index (χ1n) is 4.80. The van der Waals surface area contributed by atoms with Crippen LogP contribution in [0, 0.1) is 6.07 Å². The van der Waals surface area contributed by atoms with Gasteiger partial charge in [0.1, 0.15) is 0 Å². The molecule has 0 spiro atoms. The van der Waals surface area contributed by atoms with Crippen molar-refractivity contribution in [1.29, 1.82) is 0 Å². The van der Waals surface area contributed by atoms with Crippen LogP contribution in [0.15, 0.2) is 18.3 Å². The van der Waals surface area contributed by atoms with Crippen molar-refractivity contribution in [2.75, 3.05) is 6.54 Å². The summed E-state index contributed by atoms with van der Waals surface area (Å²) in [5.74, 6) is 0. The molecule has 2 aromatic heterocycles. The third-order valence-corrected chi connectivity index (χ3v) is 2.50. The van der Waals surface area contributed by atoms with Crippen LogP contribution in [-0.2, 0) is 13.0 Å². The molecule has 0 aliphatic carbocycles. The highest BCUT2D eigenvalue weighted by molar-refractivity contribution is 5.74. The van der Waals surface area contributed by atoms with E-state index < -0.39 is 0 Å². The maximum Gasteiger partial charge on any atom is 0.160 e. The summed E-state index contributed by atoms with van der Waals surface area (Å²) in [7, 11) is 0. The van der Waals surface area contributed by atoms with Crippen LogP contribution >= 0.6 is 0 Å². The number of aromatic nitrogens is 2. The number of pyridine rings is 2. The Hall–Kier alpha value is -1.48. The Morgan fingerprint density at radius 2 is 2.43 bits per heavy atom. The van der Waals surface area contributed by atoms with Gasteiger partial charge in [-0.2, -0.15) is 0 Å². The molecule has 1 aliphatic heterocycles. The minimum absolute atomic E-state index is 0.813. The number of fused-ring (bicyclic) bond motifs is 2. The molecule has 0 saturated carbocycles. The van der Waals surface area contributed by atoms with Gasteiger partial charge in [-0.3, -0.25) is 0 Å². The van der Waals surface area contributed by atoms with E-state index in [1.54, 1.807) is 6.20 Å². The lowest BCUT2D eigenvalue weighted by atomic mass is 10.1. The monoisotopic (exact) mass is 184 g/mol. The van der Waals surface area contributed by atoms with Crippen molar-refractivity contribution in [3.63, 3.8) is 0 Å². The van der Waals surface area contributed by atoms with Crippen LogP contribution in [0.25, 0.3) is 11.0 Å². The molecule has 3 nitrogen and oxygen atoms in total. The Kier molecular flexibility index (Phi) is 1.70. The highest BCUT2D eigenvalue weighted by atomic mass is 14.9. The molecule has 0 saturated heterocycles. The van der Waals surface area contributed by atoms with Crippen molar-refractivity contribution in [2.45, 2.75) is 13.0 Å². The van der Waals surface area contributed by atoms with E-state index in [9.17, 15) is 0 Å². The van der Waals surface area contributed by atoms with Crippen LogP contribution in [0.5, 0.6) is 0 Å². The molecule has 0 fully saturated rings. The van der Waals surface area contributed by atoms with E-state index in [0.717, 1.165) is 36.2 Å². The van der Waals surface area contributed by atoms with Crippen LogP contribution in [0.1, 0.15) is 11.3 Å².